The van der Waals surface area contributed by atoms with Gasteiger partial charge in [0.25, 0.3) is 0 Å². The fourth-order valence-corrected chi connectivity index (χ4v) is 1.82. The molecular weight excluding hydrogens is 269 g/mol. The number of hydrogen-bond acceptors (Lipinski definition) is 4. The standard InChI is InChI=1S/C12H12FN3O4/c1-20-12(19)14-4-5-16-9-3-2-7(13)6-8(9)15-10(17)11(16)18/h2-3,6H,4-5H2,1H3,(H,14,19)(H,15,17). The van der Waals surface area contributed by atoms with Crippen LogP contribution in [0.15, 0.2) is 27.8 Å². The van der Waals surface area contributed by atoms with Gasteiger partial charge in [-0.25, -0.2) is 9.18 Å². The minimum absolute atomic E-state index is 0.0694. The van der Waals surface area contributed by atoms with Gasteiger partial charge in [0.1, 0.15) is 5.82 Å². The molecule has 0 radical (unpaired) electrons. The molecule has 0 aliphatic heterocycles. The normalized spacial score (nSPS) is 10.5. The summed E-state index contributed by atoms with van der Waals surface area (Å²) in [5.74, 6) is -0.522. The highest BCUT2D eigenvalue weighted by molar-refractivity contribution is 5.74. The average molecular weight is 281 g/mol. The summed E-state index contributed by atoms with van der Waals surface area (Å²) in [6.07, 6.45) is -0.641. The molecule has 1 amide bonds. The topological polar surface area (TPSA) is 93.2 Å². The van der Waals surface area contributed by atoms with Crippen molar-refractivity contribution in [2.24, 2.45) is 0 Å². The number of aromatic amines is 1. The van der Waals surface area contributed by atoms with Crippen LogP contribution in [-0.2, 0) is 11.3 Å². The van der Waals surface area contributed by atoms with Crippen LogP contribution >= 0.6 is 0 Å². The Balaban J connectivity index is 2.40. The second kappa shape index (κ2) is 5.55. The molecule has 0 saturated heterocycles. The molecule has 0 atom stereocenters. The number of amides is 1. The average Bonchev–Trinajstić information content (AvgIpc) is 2.42. The molecule has 0 bridgehead atoms. The first-order valence-electron chi connectivity index (χ1n) is 5.77. The molecule has 7 nitrogen and oxygen atoms in total. The molecule has 2 aromatic rings. The van der Waals surface area contributed by atoms with E-state index >= 15 is 0 Å². The SMILES string of the molecule is COC(=O)NCCn1c(=O)c(=O)[nH]c2cc(F)ccc21. The van der Waals surface area contributed by atoms with Crippen LogP contribution in [0.3, 0.4) is 0 Å². The number of alkyl carbamates (subject to hydrolysis) is 1. The van der Waals surface area contributed by atoms with E-state index in [9.17, 15) is 18.8 Å². The number of fused-ring (bicyclic) bond motifs is 1. The third kappa shape index (κ3) is 2.68. The molecule has 106 valence electrons. The van der Waals surface area contributed by atoms with Crippen LogP contribution in [0.2, 0.25) is 0 Å². The van der Waals surface area contributed by atoms with Gasteiger partial charge in [0.15, 0.2) is 0 Å². The van der Waals surface area contributed by atoms with Crippen LogP contribution in [0, 0.1) is 5.82 Å². The van der Waals surface area contributed by atoms with Gasteiger partial charge in [-0.1, -0.05) is 0 Å². The number of hydrogen-bond donors (Lipinski definition) is 2. The Kier molecular flexibility index (Phi) is 3.83. The quantitative estimate of drug-likeness (QED) is 0.785. The van der Waals surface area contributed by atoms with Gasteiger partial charge in [0, 0.05) is 13.1 Å². The number of halogens is 1. The summed E-state index contributed by atoms with van der Waals surface area (Å²) in [5.41, 5.74) is -1.02. The van der Waals surface area contributed by atoms with Crippen molar-refractivity contribution in [2.75, 3.05) is 13.7 Å². The summed E-state index contributed by atoms with van der Waals surface area (Å²) >= 11 is 0. The van der Waals surface area contributed by atoms with E-state index in [-0.39, 0.29) is 18.6 Å². The molecule has 8 heteroatoms. The number of benzene rings is 1. The lowest BCUT2D eigenvalue weighted by Gasteiger charge is -2.10. The van der Waals surface area contributed by atoms with E-state index in [2.05, 4.69) is 15.0 Å². The molecule has 0 spiro atoms. The van der Waals surface area contributed by atoms with E-state index in [0.29, 0.717) is 5.52 Å². The summed E-state index contributed by atoms with van der Waals surface area (Å²) in [7, 11) is 1.22. The lowest BCUT2D eigenvalue weighted by Crippen LogP contribution is -2.39. The molecule has 1 aromatic heterocycles. The molecule has 1 heterocycles. The van der Waals surface area contributed by atoms with Gasteiger partial charge in [0.2, 0.25) is 0 Å². The zero-order chi connectivity index (χ0) is 14.7. The second-order valence-corrected chi connectivity index (χ2v) is 3.99. The van der Waals surface area contributed by atoms with E-state index in [1.54, 1.807) is 0 Å². The molecule has 0 saturated carbocycles. The maximum atomic E-state index is 13.1. The number of nitrogens with one attached hydrogen (secondary N) is 2. The van der Waals surface area contributed by atoms with Crippen molar-refractivity contribution in [1.29, 1.82) is 0 Å². The van der Waals surface area contributed by atoms with Gasteiger partial charge in [-0.2, -0.15) is 0 Å². The Hall–Kier alpha value is -2.64. The number of ether oxygens (including phenoxy) is 1. The van der Waals surface area contributed by atoms with Crippen LogP contribution in [0.5, 0.6) is 0 Å². The number of carbonyl (C=O) groups excluding carboxylic acids is 1. The van der Waals surface area contributed by atoms with Crippen molar-refractivity contribution in [1.82, 2.24) is 14.9 Å². The number of aromatic nitrogens is 2. The van der Waals surface area contributed by atoms with Crippen molar-refractivity contribution in [2.45, 2.75) is 6.54 Å². The highest BCUT2D eigenvalue weighted by Gasteiger charge is 2.08. The fourth-order valence-electron chi connectivity index (χ4n) is 1.82. The molecule has 0 aliphatic carbocycles. The summed E-state index contributed by atoms with van der Waals surface area (Å²) in [5, 5.41) is 2.40. The van der Waals surface area contributed by atoms with Crippen LogP contribution < -0.4 is 16.4 Å². The minimum atomic E-state index is -0.846. The summed E-state index contributed by atoms with van der Waals surface area (Å²) in [6, 6.07) is 3.70. The van der Waals surface area contributed by atoms with E-state index in [4.69, 9.17) is 0 Å². The molecule has 1 aromatic carbocycles. The third-order valence-electron chi connectivity index (χ3n) is 2.73. The second-order valence-electron chi connectivity index (χ2n) is 3.99. The highest BCUT2D eigenvalue weighted by Crippen LogP contribution is 2.09. The van der Waals surface area contributed by atoms with Gasteiger partial charge in [-0.15, -0.1) is 0 Å². The fraction of sp³-hybridized carbons (Fsp3) is 0.250. The third-order valence-corrected chi connectivity index (χ3v) is 2.73. The number of methoxy groups -OCH3 is 1. The van der Waals surface area contributed by atoms with Crippen molar-refractivity contribution in [3.05, 3.63) is 44.7 Å². The van der Waals surface area contributed by atoms with Crippen molar-refractivity contribution in [3.8, 4) is 0 Å². The minimum Gasteiger partial charge on any atom is -0.453 e. The lowest BCUT2D eigenvalue weighted by molar-refractivity contribution is 0.170. The molecule has 0 fully saturated rings. The van der Waals surface area contributed by atoms with Crippen LogP contribution in [-0.4, -0.2) is 29.3 Å². The maximum absolute atomic E-state index is 13.1. The first kappa shape index (κ1) is 13.8. The van der Waals surface area contributed by atoms with Crippen molar-refractivity contribution >= 4 is 17.1 Å². The summed E-state index contributed by atoms with van der Waals surface area (Å²) in [6.45, 7) is 0.169. The molecule has 0 unspecified atom stereocenters. The first-order valence-corrected chi connectivity index (χ1v) is 5.77. The molecule has 2 N–H and O–H groups in total. The first-order chi connectivity index (χ1) is 9.52. The van der Waals surface area contributed by atoms with Gasteiger partial charge in [-0.3, -0.25) is 9.59 Å². The van der Waals surface area contributed by atoms with Crippen LogP contribution in [0.4, 0.5) is 9.18 Å². The predicted octanol–water partition coefficient (Wildman–Crippen LogP) is 0.185. The van der Waals surface area contributed by atoms with Gasteiger partial charge >= 0.3 is 17.2 Å². The Morgan fingerprint density at radius 2 is 2.20 bits per heavy atom. The zero-order valence-corrected chi connectivity index (χ0v) is 10.6. The Bertz CT molecular complexity index is 765. The number of nitrogens with zero attached hydrogens (tertiary/aromatic N) is 1. The van der Waals surface area contributed by atoms with Gasteiger partial charge in [0.05, 0.1) is 18.1 Å². The predicted molar refractivity (Wildman–Crippen MR) is 69.2 cm³/mol. The maximum Gasteiger partial charge on any atom is 0.406 e. The highest BCUT2D eigenvalue weighted by atomic mass is 19.1. The van der Waals surface area contributed by atoms with Crippen molar-refractivity contribution in [3.63, 3.8) is 0 Å². The van der Waals surface area contributed by atoms with E-state index in [1.165, 1.54) is 23.8 Å². The van der Waals surface area contributed by atoms with Crippen LogP contribution in [0.1, 0.15) is 0 Å². The van der Waals surface area contributed by atoms with E-state index in [1.807, 2.05) is 0 Å². The van der Waals surface area contributed by atoms with Gasteiger partial charge in [-0.05, 0) is 18.2 Å². The smallest absolute Gasteiger partial charge is 0.406 e. The lowest BCUT2D eigenvalue weighted by atomic mass is 10.3. The zero-order valence-electron chi connectivity index (χ0n) is 10.6. The number of carbonyl (C=O) groups is 1. The van der Waals surface area contributed by atoms with Crippen LogP contribution in [0.25, 0.3) is 11.0 Å². The Morgan fingerprint density at radius 3 is 2.90 bits per heavy atom. The molecular formula is C12H12FN3O4. The molecule has 2 rings (SSSR count). The van der Waals surface area contributed by atoms with Gasteiger partial charge < -0.3 is 19.6 Å². The molecule has 0 aliphatic rings. The number of H-pyrrole nitrogens is 1. The molecule has 20 heavy (non-hydrogen) atoms. The summed E-state index contributed by atoms with van der Waals surface area (Å²) < 4.78 is 18.7. The Labute approximate surface area is 112 Å². The van der Waals surface area contributed by atoms with Crippen molar-refractivity contribution < 1.29 is 13.9 Å². The summed E-state index contributed by atoms with van der Waals surface area (Å²) in [4.78, 5) is 36.5. The van der Waals surface area contributed by atoms with E-state index < -0.39 is 23.0 Å². The number of rotatable bonds is 3. The largest absolute Gasteiger partial charge is 0.453 e. The monoisotopic (exact) mass is 281 g/mol. The van der Waals surface area contributed by atoms with E-state index in [0.717, 1.165) is 6.07 Å². The Morgan fingerprint density at radius 1 is 1.45 bits per heavy atom.